The van der Waals surface area contributed by atoms with Gasteiger partial charge in [-0.2, -0.15) is 26.3 Å². The predicted molar refractivity (Wildman–Crippen MR) is 97.2 cm³/mol. The Kier molecular flexibility index (Phi) is 6.64. The van der Waals surface area contributed by atoms with Crippen molar-refractivity contribution in [2.75, 3.05) is 5.32 Å². The number of nitro groups is 1. The van der Waals surface area contributed by atoms with Gasteiger partial charge in [0.25, 0.3) is 11.6 Å². The molecule has 0 saturated heterocycles. The third-order valence-corrected chi connectivity index (χ3v) is 4.57. The Morgan fingerprint density at radius 2 is 1.68 bits per heavy atom. The standard InChI is InChI=1S/C19H16F6N2O4/c1-11(12-5-3-2-4-6-12)10-17(29,19(23,24)25)16(28)26-13-7-8-15(27(30)31)14(9-13)18(20,21)22/h2-9,11,29H,10H2,1H3,(H,26,28). The highest BCUT2D eigenvalue weighted by atomic mass is 19.4. The van der Waals surface area contributed by atoms with Gasteiger partial charge in [-0.25, -0.2) is 0 Å². The number of carbonyl (C=O) groups is 1. The zero-order chi connectivity index (χ0) is 23.6. The first-order valence-corrected chi connectivity index (χ1v) is 8.68. The van der Waals surface area contributed by atoms with Crippen molar-refractivity contribution in [3.05, 3.63) is 69.8 Å². The Balaban J connectivity index is 2.38. The normalized spacial score (nSPS) is 15.1. The van der Waals surface area contributed by atoms with E-state index in [0.717, 1.165) is 0 Å². The molecule has 12 heteroatoms. The molecule has 0 heterocycles. The van der Waals surface area contributed by atoms with Crippen molar-refractivity contribution in [3.63, 3.8) is 0 Å². The summed E-state index contributed by atoms with van der Waals surface area (Å²) >= 11 is 0. The summed E-state index contributed by atoms with van der Waals surface area (Å²) < 4.78 is 80.0. The molecule has 2 rings (SSSR count). The molecule has 0 aliphatic heterocycles. The van der Waals surface area contributed by atoms with E-state index in [9.17, 15) is 46.4 Å². The Morgan fingerprint density at radius 1 is 1.10 bits per heavy atom. The van der Waals surface area contributed by atoms with Gasteiger partial charge in [-0.15, -0.1) is 0 Å². The number of hydrogen-bond acceptors (Lipinski definition) is 4. The van der Waals surface area contributed by atoms with Gasteiger partial charge in [-0.3, -0.25) is 14.9 Å². The highest BCUT2D eigenvalue weighted by Crippen LogP contribution is 2.40. The maximum absolute atomic E-state index is 13.6. The first kappa shape index (κ1) is 24.1. The smallest absolute Gasteiger partial charge is 0.373 e. The van der Waals surface area contributed by atoms with Gasteiger partial charge in [0, 0.05) is 18.2 Å². The Labute approximate surface area is 171 Å². The lowest BCUT2D eigenvalue weighted by Gasteiger charge is -2.31. The lowest BCUT2D eigenvalue weighted by Crippen LogP contribution is -2.55. The second kappa shape index (κ2) is 8.53. The van der Waals surface area contributed by atoms with Crippen molar-refractivity contribution in [3.8, 4) is 0 Å². The van der Waals surface area contributed by atoms with Crippen molar-refractivity contribution in [1.82, 2.24) is 0 Å². The highest BCUT2D eigenvalue weighted by Gasteiger charge is 2.60. The molecule has 2 unspecified atom stereocenters. The number of aliphatic hydroxyl groups is 1. The van der Waals surface area contributed by atoms with Crippen LogP contribution in [-0.2, 0) is 11.0 Å². The number of nitrogens with one attached hydrogen (secondary N) is 1. The molecule has 2 aromatic rings. The van der Waals surface area contributed by atoms with Crippen LogP contribution in [-0.4, -0.2) is 27.7 Å². The van der Waals surface area contributed by atoms with Gasteiger partial charge in [0.2, 0.25) is 5.60 Å². The molecule has 168 valence electrons. The van der Waals surface area contributed by atoms with E-state index in [1.807, 2.05) is 0 Å². The maximum atomic E-state index is 13.6. The fourth-order valence-corrected chi connectivity index (χ4v) is 2.91. The van der Waals surface area contributed by atoms with Gasteiger partial charge in [0.15, 0.2) is 0 Å². The average molecular weight is 450 g/mol. The van der Waals surface area contributed by atoms with E-state index in [0.29, 0.717) is 17.7 Å². The van der Waals surface area contributed by atoms with Crippen molar-refractivity contribution < 1.29 is 41.2 Å². The summed E-state index contributed by atoms with van der Waals surface area (Å²) in [6, 6.07) is 8.87. The van der Waals surface area contributed by atoms with E-state index < -0.39 is 58.1 Å². The summed E-state index contributed by atoms with van der Waals surface area (Å²) in [7, 11) is 0. The van der Waals surface area contributed by atoms with Crippen molar-refractivity contribution in [2.45, 2.75) is 37.2 Å². The summed E-state index contributed by atoms with van der Waals surface area (Å²) in [4.78, 5) is 21.8. The van der Waals surface area contributed by atoms with Crippen LogP contribution >= 0.6 is 0 Å². The number of alkyl halides is 6. The van der Waals surface area contributed by atoms with E-state index in [1.54, 1.807) is 23.5 Å². The van der Waals surface area contributed by atoms with Crippen LogP contribution in [0.4, 0.5) is 37.7 Å². The third-order valence-electron chi connectivity index (χ3n) is 4.57. The van der Waals surface area contributed by atoms with E-state index in [-0.39, 0.29) is 6.07 Å². The summed E-state index contributed by atoms with van der Waals surface area (Å²) in [5.74, 6) is -2.95. The van der Waals surface area contributed by atoms with Gasteiger partial charge in [0.05, 0.1) is 4.92 Å². The van der Waals surface area contributed by atoms with Crippen molar-refractivity contribution >= 4 is 17.3 Å². The zero-order valence-electron chi connectivity index (χ0n) is 15.8. The van der Waals surface area contributed by atoms with E-state index >= 15 is 0 Å². The molecule has 0 aliphatic rings. The summed E-state index contributed by atoms with van der Waals surface area (Å²) in [5, 5.41) is 22.6. The molecule has 0 fully saturated rings. The second-order valence-corrected chi connectivity index (χ2v) is 6.81. The van der Waals surface area contributed by atoms with Gasteiger partial charge in [-0.1, -0.05) is 37.3 Å². The number of nitro benzene ring substituents is 1. The lowest BCUT2D eigenvalue weighted by molar-refractivity contribution is -0.388. The molecule has 0 bridgehead atoms. The molecule has 0 aromatic heterocycles. The molecule has 6 nitrogen and oxygen atoms in total. The molecule has 2 atom stereocenters. The fourth-order valence-electron chi connectivity index (χ4n) is 2.91. The molecule has 31 heavy (non-hydrogen) atoms. The number of hydrogen-bond donors (Lipinski definition) is 2. The molecule has 0 spiro atoms. The van der Waals surface area contributed by atoms with Crippen LogP contribution in [0.15, 0.2) is 48.5 Å². The Morgan fingerprint density at radius 3 is 2.16 bits per heavy atom. The summed E-state index contributed by atoms with van der Waals surface area (Å²) in [6.07, 6.45) is -11.8. The quantitative estimate of drug-likeness (QED) is 0.367. The molecule has 2 N–H and O–H groups in total. The Hall–Kier alpha value is -3.15. The Bertz CT molecular complexity index is 962. The van der Waals surface area contributed by atoms with Crippen molar-refractivity contribution in [1.29, 1.82) is 0 Å². The molecule has 0 aliphatic carbocycles. The van der Waals surface area contributed by atoms with Crippen molar-refractivity contribution in [2.24, 2.45) is 0 Å². The van der Waals surface area contributed by atoms with E-state index in [1.165, 1.54) is 19.1 Å². The minimum absolute atomic E-state index is 0.132. The molecule has 2 aromatic carbocycles. The minimum atomic E-state index is -5.45. The van der Waals surface area contributed by atoms with Crippen LogP contribution in [0.5, 0.6) is 0 Å². The number of anilines is 1. The van der Waals surface area contributed by atoms with Crippen LogP contribution in [0.1, 0.15) is 30.4 Å². The van der Waals surface area contributed by atoms with Gasteiger partial charge >= 0.3 is 12.4 Å². The van der Waals surface area contributed by atoms with Gasteiger partial charge in [0.1, 0.15) is 5.56 Å². The molecule has 0 radical (unpaired) electrons. The summed E-state index contributed by atoms with van der Waals surface area (Å²) in [6.45, 7) is 1.34. The second-order valence-electron chi connectivity index (χ2n) is 6.81. The first-order chi connectivity index (χ1) is 14.2. The zero-order valence-corrected chi connectivity index (χ0v) is 15.8. The number of halogens is 6. The van der Waals surface area contributed by atoms with Crippen LogP contribution in [0.3, 0.4) is 0 Å². The molecule has 1 amide bonds. The average Bonchev–Trinajstić information content (AvgIpc) is 2.66. The molecular formula is C19H16F6N2O4. The fraction of sp³-hybridized carbons (Fsp3) is 0.316. The first-order valence-electron chi connectivity index (χ1n) is 8.68. The van der Waals surface area contributed by atoms with Crippen LogP contribution < -0.4 is 5.32 Å². The number of nitrogens with zero attached hydrogens (tertiary/aromatic N) is 1. The molecule has 0 saturated carbocycles. The summed E-state index contributed by atoms with van der Waals surface area (Å²) in [5.41, 5.74) is -7.42. The minimum Gasteiger partial charge on any atom is -0.373 e. The van der Waals surface area contributed by atoms with E-state index in [4.69, 9.17) is 0 Å². The van der Waals surface area contributed by atoms with Crippen LogP contribution in [0.25, 0.3) is 0 Å². The SMILES string of the molecule is CC(CC(O)(C(=O)Nc1ccc([N+](=O)[O-])c(C(F)(F)F)c1)C(F)(F)F)c1ccccc1. The maximum Gasteiger partial charge on any atom is 0.426 e. The number of amides is 1. The topological polar surface area (TPSA) is 92.5 Å². The van der Waals surface area contributed by atoms with Gasteiger partial charge < -0.3 is 10.4 Å². The van der Waals surface area contributed by atoms with Crippen LogP contribution in [0, 0.1) is 10.1 Å². The number of rotatable bonds is 6. The largest absolute Gasteiger partial charge is 0.426 e. The highest BCUT2D eigenvalue weighted by molar-refractivity contribution is 5.98. The third kappa shape index (κ3) is 5.32. The molecular weight excluding hydrogens is 434 g/mol. The monoisotopic (exact) mass is 450 g/mol. The van der Waals surface area contributed by atoms with E-state index in [2.05, 4.69) is 0 Å². The predicted octanol–water partition coefficient (Wildman–Crippen LogP) is 5.04. The lowest BCUT2D eigenvalue weighted by atomic mass is 9.85. The van der Waals surface area contributed by atoms with Crippen LogP contribution in [0.2, 0.25) is 0 Å². The number of benzene rings is 2. The number of carbonyl (C=O) groups excluding carboxylic acids is 1. The van der Waals surface area contributed by atoms with Gasteiger partial charge in [-0.05, 0) is 23.6 Å².